The third-order valence-corrected chi connectivity index (χ3v) is 4.56. The van der Waals surface area contributed by atoms with Crippen LogP contribution in [-0.2, 0) is 6.42 Å². The highest BCUT2D eigenvalue weighted by atomic mass is 16.1. The number of piperidine rings is 1. The minimum atomic E-state index is 0.0288. The highest BCUT2D eigenvalue weighted by Crippen LogP contribution is 2.19. The predicted molar refractivity (Wildman–Crippen MR) is 89.7 cm³/mol. The van der Waals surface area contributed by atoms with E-state index >= 15 is 0 Å². The molecule has 3 rings (SSSR count). The molecular formula is C18H25N3O. The lowest BCUT2D eigenvalue weighted by Crippen LogP contribution is -2.28. The van der Waals surface area contributed by atoms with Crippen molar-refractivity contribution in [1.29, 1.82) is 0 Å². The average molecular weight is 299 g/mol. The number of nitrogens with zero attached hydrogens (tertiary/aromatic N) is 2. The van der Waals surface area contributed by atoms with E-state index in [9.17, 15) is 4.79 Å². The van der Waals surface area contributed by atoms with Crippen LogP contribution in [0.4, 0.5) is 0 Å². The van der Waals surface area contributed by atoms with E-state index in [1.165, 1.54) is 18.4 Å². The van der Waals surface area contributed by atoms with E-state index in [0.29, 0.717) is 0 Å². The Morgan fingerprint density at radius 1 is 1.14 bits per heavy atom. The molecule has 0 radical (unpaired) electrons. The molecule has 0 amide bonds. The lowest BCUT2D eigenvalue weighted by atomic mass is 9.91. The molecule has 1 aromatic carbocycles. The minimum Gasteiger partial charge on any atom is -0.317 e. The van der Waals surface area contributed by atoms with Crippen molar-refractivity contribution >= 4 is 0 Å². The molecule has 1 N–H and O–H groups in total. The second-order valence-corrected chi connectivity index (χ2v) is 6.52. The number of aromatic nitrogens is 2. The van der Waals surface area contributed by atoms with E-state index in [4.69, 9.17) is 0 Å². The SMILES string of the molecule is CC(C)n1ccn(-c2ccc(CC3CCNCC3)cc2)c1=O. The van der Waals surface area contributed by atoms with Gasteiger partial charge in [-0.3, -0.25) is 9.13 Å². The summed E-state index contributed by atoms with van der Waals surface area (Å²) >= 11 is 0. The summed E-state index contributed by atoms with van der Waals surface area (Å²) in [5.74, 6) is 0.789. The van der Waals surface area contributed by atoms with Crippen LogP contribution in [-0.4, -0.2) is 22.2 Å². The summed E-state index contributed by atoms with van der Waals surface area (Å²) in [5, 5.41) is 3.41. The number of imidazole rings is 1. The summed E-state index contributed by atoms with van der Waals surface area (Å²) in [6.45, 7) is 6.32. The quantitative estimate of drug-likeness (QED) is 0.943. The van der Waals surface area contributed by atoms with Crippen LogP contribution >= 0.6 is 0 Å². The van der Waals surface area contributed by atoms with Crippen molar-refractivity contribution < 1.29 is 0 Å². The summed E-state index contributed by atoms with van der Waals surface area (Å²) < 4.78 is 3.47. The van der Waals surface area contributed by atoms with Crippen molar-refractivity contribution in [2.45, 2.75) is 39.2 Å². The Balaban J connectivity index is 1.75. The van der Waals surface area contributed by atoms with Gasteiger partial charge in [0.2, 0.25) is 0 Å². The van der Waals surface area contributed by atoms with Crippen LogP contribution in [0.3, 0.4) is 0 Å². The zero-order valence-corrected chi connectivity index (χ0v) is 13.5. The minimum absolute atomic E-state index is 0.0288. The smallest absolute Gasteiger partial charge is 0.317 e. The molecule has 4 heteroatoms. The average Bonchev–Trinajstić information content (AvgIpc) is 2.91. The number of benzene rings is 1. The number of hydrogen-bond donors (Lipinski definition) is 1. The van der Waals surface area contributed by atoms with Gasteiger partial charge in [0, 0.05) is 18.4 Å². The molecule has 1 saturated heterocycles. The molecule has 2 aromatic rings. The standard InChI is InChI=1S/C18H25N3O/c1-14(2)20-11-12-21(18(20)22)17-5-3-15(4-6-17)13-16-7-9-19-10-8-16/h3-6,11-12,14,16,19H,7-10,13H2,1-2H3. The van der Waals surface area contributed by atoms with Gasteiger partial charge < -0.3 is 5.32 Å². The van der Waals surface area contributed by atoms with Gasteiger partial charge in [-0.05, 0) is 69.8 Å². The Kier molecular flexibility index (Phi) is 4.48. The summed E-state index contributed by atoms with van der Waals surface area (Å²) in [5.41, 5.74) is 2.34. The van der Waals surface area contributed by atoms with Gasteiger partial charge in [-0.15, -0.1) is 0 Å². The zero-order valence-electron chi connectivity index (χ0n) is 13.5. The van der Waals surface area contributed by atoms with E-state index in [0.717, 1.165) is 31.1 Å². The van der Waals surface area contributed by atoms with Gasteiger partial charge in [0.25, 0.3) is 0 Å². The van der Waals surface area contributed by atoms with Crippen LogP contribution in [0.5, 0.6) is 0 Å². The van der Waals surface area contributed by atoms with Crippen molar-refractivity contribution in [2.24, 2.45) is 5.92 Å². The van der Waals surface area contributed by atoms with Gasteiger partial charge in [-0.25, -0.2) is 4.79 Å². The molecule has 4 nitrogen and oxygen atoms in total. The first-order valence-electron chi connectivity index (χ1n) is 8.24. The molecule has 0 aliphatic carbocycles. The molecule has 118 valence electrons. The molecule has 1 aliphatic heterocycles. The molecule has 22 heavy (non-hydrogen) atoms. The summed E-state index contributed by atoms with van der Waals surface area (Å²) in [6, 6.07) is 8.63. The summed E-state index contributed by atoms with van der Waals surface area (Å²) in [6.07, 6.45) is 7.38. The van der Waals surface area contributed by atoms with Crippen LogP contribution in [0, 0.1) is 5.92 Å². The van der Waals surface area contributed by atoms with Gasteiger partial charge in [-0.1, -0.05) is 12.1 Å². The highest BCUT2D eigenvalue weighted by Gasteiger charge is 2.13. The fourth-order valence-electron chi connectivity index (χ4n) is 3.19. The number of rotatable bonds is 4. The van der Waals surface area contributed by atoms with Crippen LogP contribution in [0.2, 0.25) is 0 Å². The molecule has 0 saturated carbocycles. The van der Waals surface area contributed by atoms with Gasteiger partial charge in [0.05, 0.1) is 5.69 Å². The fourth-order valence-corrected chi connectivity index (χ4v) is 3.19. The van der Waals surface area contributed by atoms with E-state index in [-0.39, 0.29) is 11.7 Å². The second-order valence-electron chi connectivity index (χ2n) is 6.52. The topological polar surface area (TPSA) is 39.0 Å². The molecule has 1 aliphatic rings. The highest BCUT2D eigenvalue weighted by molar-refractivity contribution is 5.34. The maximum Gasteiger partial charge on any atom is 0.332 e. The fraction of sp³-hybridized carbons (Fsp3) is 0.500. The molecule has 0 spiro atoms. The molecule has 0 unspecified atom stereocenters. The first-order chi connectivity index (χ1) is 10.6. The van der Waals surface area contributed by atoms with E-state index in [2.05, 4.69) is 29.6 Å². The molecule has 0 atom stereocenters. The van der Waals surface area contributed by atoms with Gasteiger partial charge in [0.1, 0.15) is 0 Å². The Morgan fingerprint density at radius 2 is 1.82 bits per heavy atom. The third-order valence-electron chi connectivity index (χ3n) is 4.56. The van der Waals surface area contributed by atoms with Crippen LogP contribution in [0.1, 0.15) is 38.3 Å². The zero-order chi connectivity index (χ0) is 15.5. The predicted octanol–water partition coefficient (Wildman–Crippen LogP) is 2.76. The molecule has 1 aromatic heterocycles. The summed E-state index contributed by atoms with van der Waals surface area (Å²) in [4.78, 5) is 12.3. The molecule has 1 fully saturated rings. The van der Waals surface area contributed by atoms with Crippen molar-refractivity contribution in [2.75, 3.05) is 13.1 Å². The lowest BCUT2D eigenvalue weighted by molar-refractivity contribution is 0.372. The Morgan fingerprint density at radius 3 is 2.41 bits per heavy atom. The van der Waals surface area contributed by atoms with E-state index in [1.54, 1.807) is 9.13 Å². The van der Waals surface area contributed by atoms with Crippen molar-refractivity contribution in [1.82, 2.24) is 14.5 Å². The monoisotopic (exact) mass is 299 g/mol. The molecule has 2 heterocycles. The number of nitrogens with one attached hydrogen (secondary N) is 1. The van der Waals surface area contributed by atoms with Crippen LogP contribution in [0.25, 0.3) is 5.69 Å². The van der Waals surface area contributed by atoms with Gasteiger partial charge in [-0.2, -0.15) is 0 Å². The first kappa shape index (κ1) is 15.1. The van der Waals surface area contributed by atoms with E-state index in [1.807, 2.05) is 26.2 Å². The van der Waals surface area contributed by atoms with Gasteiger partial charge in [0.15, 0.2) is 0 Å². The maximum absolute atomic E-state index is 12.3. The van der Waals surface area contributed by atoms with Crippen molar-refractivity contribution in [3.05, 3.63) is 52.7 Å². The Bertz CT molecular complexity index is 660. The van der Waals surface area contributed by atoms with Crippen LogP contribution < -0.4 is 11.0 Å². The Hall–Kier alpha value is -1.81. The Labute approximate surface area is 131 Å². The van der Waals surface area contributed by atoms with E-state index < -0.39 is 0 Å². The molecular weight excluding hydrogens is 274 g/mol. The third kappa shape index (κ3) is 3.17. The number of hydrogen-bond acceptors (Lipinski definition) is 2. The van der Waals surface area contributed by atoms with Crippen molar-refractivity contribution in [3.8, 4) is 5.69 Å². The first-order valence-corrected chi connectivity index (χ1v) is 8.24. The van der Waals surface area contributed by atoms with Gasteiger partial charge >= 0.3 is 5.69 Å². The lowest BCUT2D eigenvalue weighted by Gasteiger charge is -2.22. The normalized spacial score (nSPS) is 16.3. The second kappa shape index (κ2) is 6.53. The van der Waals surface area contributed by atoms with Crippen LogP contribution in [0.15, 0.2) is 41.5 Å². The summed E-state index contributed by atoms with van der Waals surface area (Å²) in [7, 11) is 0. The largest absolute Gasteiger partial charge is 0.332 e. The molecule has 0 bridgehead atoms. The maximum atomic E-state index is 12.3. The van der Waals surface area contributed by atoms with Crippen molar-refractivity contribution in [3.63, 3.8) is 0 Å².